The number of carbonyl (C=O) groups excluding carboxylic acids is 1. The summed E-state index contributed by atoms with van der Waals surface area (Å²) in [7, 11) is 0. The molecular formula is C19H21F3N4O3. The van der Waals surface area contributed by atoms with Gasteiger partial charge in [0.15, 0.2) is 0 Å². The predicted octanol–water partition coefficient (Wildman–Crippen LogP) is 3.25. The van der Waals surface area contributed by atoms with Crippen LogP contribution in [0.25, 0.3) is 0 Å². The summed E-state index contributed by atoms with van der Waals surface area (Å²) in [6.45, 7) is 2.73. The standard InChI is InChI=1S/C19H21F3N4O3/c1-10(2)26(13-4-3-5-15(28)17(13)19(20,21)22)9-16(29)25-12-8-11(18(23)24)6-7-14(12)27/h3-8,10,27-28H,9H2,1-2H3,(H3,23,24)(H,25,29). The molecular weight excluding hydrogens is 389 g/mol. The van der Waals surface area contributed by atoms with Crippen LogP contribution in [0.1, 0.15) is 25.0 Å². The summed E-state index contributed by atoms with van der Waals surface area (Å²) in [4.78, 5) is 13.7. The van der Waals surface area contributed by atoms with Crippen LogP contribution in [-0.4, -0.2) is 34.5 Å². The second-order valence-electron chi connectivity index (χ2n) is 6.58. The number of nitrogen functional groups attached to an aromatic ring is 1. The van der Waals surface area contributed by atoms with Crippen molar-refractivity contribution in [3.8, 4) is 11.5 Å². The molecule has 0 aliphatic heterocycles. The van der Waals surface area contributed by atoms with E-state index in [1.807, 2.05) is 0 Å². The number of nitrogens with one attached hydrogen (secondary N) is 2. The summed E-state index contributed by atoms with van der Waals surface area (Å²) < 4.78 is 40.3. The number of anilines is 2. The van der Waals surface area contributed by atoms with Crippen LogP contribution in [0.15, 0.2) is 36.4 Å². The first-order chi connectivity index (χ1) is 13.4. The van der Waals surface area contributed by atoms with E-state index >= 15 is 0 Å². The Kier molecular flexibility index (Phi) is 6.25. The highest BCUT2D eigenvalue weighted by Crippen LogP contribution is 2.42. The number of halogens is 3. The van der Waals surface area contributed by atoms with Gasteiger partial charge in [-0.1, -0.05) is 6.07 Å². The molecule has 0 radical (unpaired) electrons. The molecule has 0 bridgehead atoms. The first-order valence-electron chi connectivity index (χ1n) is 8.55. The maximum absolute atomic E-state index is 13.4. The topological polar surface area (TPSA) is 123 Å². The number of nitrogens with zero attached hydrogens (tertiary/aromatic N) is 1. The number of carbonyl (C=O) groups is 1. The van der Waals surface area contributed by atoms with Crippen molar-refractivity contribution >= 4 is 23.1 Å². The smallest absolute Gasteiger partial charge is 0.421 e. The van der Waals surface area contributed by atoms with Gasteiger partial charge in [0.1, 0.15) is 22.9 Å². The van der Waals surface area contributed by atoms with Crippen molar-refractivity contribution in [2.24, 2.45) is 5.73 Å². The number of benzene rings is 2. The lowest BCUT2D eigenvalue weighted by Gasteiger charge is -2.31. The van der Waals surface area contributed by atoms with Gasteiger partial charge in [0, 0.05) is 11.6 Å². The maximum Gasteiger partial charge on any atom is 0.421 e. The van der Waals surface area contributed by atoms with Crippen molar-refractivity contribution in [2.45, 2.75) is 26.1 Å². The van der Waals surface area contributed by atoms with Gasteiger partial charge in [0.2, 0.25) is 5.91 Å². The third kappa shape index (κ3) is 5.09. The monoisotopic (exact) mass is 410 g/mol. The van der Waals surface area contributed by atoms with E-state index in [1.165, 1.54) is 35.2 Å². The number of hydrogen-bond acceptors (Lipinski definition) is 5. The summed E-state index contributed by atoms with van der Waals surface area (Å²) in [5.74, 6) is -2.20. The quantitative estimate of drug-likeness (QED) is 0.284. The molecule has 0 aliphatic carbocycles. The van der Waals surface area contributed by atoms with E-state index in [0.717, 1.165) is 6.07 Å². The van der Waals surface area contributed by atoms with Crippen molar-refractivity contribution in [3.05, 3.63) is 47.5 Å². The lowest BCUT2D eigenvalue weighted by atomic mass is 10.1. The Morgan fingerprint density at radius 1 is 1.21 bits per heavy atom. The van der Waals surface area contributed by atoms with Crippen molar-refractivity contribution < 1.29 is 28.2 Å². The largest absolute Gasteiger partial charge is 0.507 e. The average molecular weight is 410 g/mol. The second-order valence-corrected chi connectivity index (χ2v) is 6.58. The zero-order chi connectivity index (χ0) is 21.9. The molecule has 2 rings (SSSR count). The van der Waals surface area contributed by atoms with Crippen LogP contribution in [-0.2, 0) is 11.0 Å². The first kappa shape index (κ1) is 21.9. The molecule has 1 amide bonds. The first-order valence-corrected chi connectivity index (χ1v) is 8.55. The molecule has 0 aliphatic rings. The van der Waals surface area contributed by atoms with Crippen LogP contribution >= 0.6 is 0 Å². The van der Waals surface area contributed by atoms with Gasteiger partial charge in [0.25, 0.3) is 0 Å². The summed E-state index contributed by atoms with van der Waals surface area (Å²) in [5, 5.41) is 29.4. The number of alkyl halides is 3. The number of phenols is 2. The molecule has 2 aromatic carbocycles. The van der Waals surface area contributed by atoms with Gasteiger partial charge in [0.05, 0.1) is 17.9 Å². The van der Waals surface area contributed by atoms with E-state index in [1.54, 1.807) is 13.8 Å². The van der Waals surface area contributed by atoms with Crippen LogP contribution < -0.4 is 16.0 Å². The van der Waals surface area contributed by atoms with Crippen molar-refractivity contribution in [1.82, 2.24) is 0 Å². The minimum absolute atomic E-state index is 0.0293. The highest BCUT2D eigenvalue weighted by molar-refractivity contribution is 5.99. The molecule has 0 fully saturated rings. The third-order valence-corrected chi connectivity index (χ3v) is 4.13. The van der Waals surface area contributed by atoms with Gasteiger partial charge >= 0.3 is 6.18 Å². The number of amides is 1. The van der Waals surface area contributed by atoms with Crippen LogP contribution in [0.2, 0.25) is 0 Å². The molecule has 29 heavy (non-hydrogen) atoms. The summed E-state index contributed by atoms with van der Waals surface area (Å²) in [5.41, 5.74) is 4.03. The van der Waals surface area contributed by atoms with E-state index in [-0.39, 0.29) is 28.5 Å². The second kappa shape index (κ2) is 8.29. The van der Waals surface area contributed by atoms with Gasteiger partial charge in [-0.15, -0.1) is 0 Å². The van der Waals surface area contributed by atoms with Gasteiger partial charge in [-0.25, -0.2) is 0 Å². The molecule has 156 valence electrons. The van der Waals surface area contributed by atoms with Crippen molar-refractivity contribution in [3.63, 3.8) is 0 Å². The zero-order valence-corrected chi connectivity index (χ0v) is 15.7. The minimum Gasteiger partial charge on any atom is -0.507 e. The molecule has 0 spiro atoms. The Balaban J connectivity index is 2.34. The predicted molar refractivity (Wildman–Crippen MR) is 103 cm³/mol. The summed E-state index contributed by atoms with van der Waals surface area (Å²) in [6, 6.07) is 6.75. The Hall–Kier alpha value is -3.43. The van der Waals surface area contributed by atoms with Gasteiger partial charge in [-0.3, -0.25) is 10.2 Å². The lowest BCUT2D eigenvalue weighted by molar-refractivity contribution is -0.138. The fourth-order valence-electron chi connectivity index (χ4n) is 2.75. The highest BCUT2D eigenvalue weighted by atomic mass is 19.4. The van der Waals surface area contributed by atoms with E-state index in [4.69, 9.17) is 11.1 Å². The number of amidine groups is 1. The van der Waals surface area contributed by atoms with Gasteiger partial charge in [-0.05, 0) is 44.2 Å². The normalized spacial score (nSPS) is 11.4. The third-order valence-electron chi connectivity index (χ3n) is 4.13. The Morgan fingerprint density at radius 2 is 1.86 bits per heavy atom. The minimum atomic E-state index is -4.82. The van der Waals surface area contributed by atoms with E-state index in [0.29, 0.717) is 0 Å². The van der Waals surface area contributed by atoms with Gasteiger partial charge < -0.3 is 26.2 Å². The molecule has 2 aromatic rings. The average Bonchev–Trinajstić information content (AvgIpc) is 2.59. The number of rotatable bonds is 6. The van der Waals surface area contributed by atoms with Crippen molar-refractivity contribution in [2.75, 3.05) is 16.8 Å². The molecule has 0 atom stereocenters. The Bertz CT molecular complexity index is 929. The van der Waals surface area contributed by atoms with Crippen LogP contribution in [0.3, 0.4) is 0 Å². The Labute approximate surface area is 165 Å². The fourth-order valence-corrected chi connectivity index (χ4v) is 2.75. The van der Waals surface area contributed by atoms with E-state index < -0.39 is 36.0 Å². The number of nitrogens with two attached hydrogens (primary N) is 1. The van der Waals surface area contributed by atoms with Gasteiger partial charge in [-0.2, -0.15) is 13.2 Å². The summed E-state index contributed by atoms with van der Waals surface area (Å²) in [6.07, 6.45) is -4.82. The molecule has 7 nitrogen and oxygen atoms in total. The molecule has 0 saturated carbocycles. The van der Waals surface area contributed by atoms with Crippen LogP contribution in [0.5, 0.6) is 11.5 Å². The van der Waals surface area contributed by atoms with Crippen LogP contribution in [0, 0.1) is 5.41 Å². The molecule has 0 saturated heterocycles. The zero-order valence-electron chi connectivity index (χ0n) is 15.7. The number of phenolic OH excluding ortho intramolecular Hbond substituents is 2. The van der Waals surface area contributed by atoms with E-state index in [2.05, 4.69) is 5.32 Å². The molecule has 0 unspecified atom stereocenters. The summed E-state index contributed by atoms with van der Waals surface area (Å²) >= 11 is 0. The highest BCUT2D eigenvalue weighted by Gasteiger charge is 2.38. The fraction of sp³-hybridized carbons (Fsp3) is 0.263. The molecule has 10 heteroatoms. The number of hydrogen-bond donors (Lipinski definition) is 5. The SMILES string of the molecule is CC(C)N(CC(=O)Nc1cc(C(=N)N)ccc1O)c1cccc(O)c1C(F)(F)F. The maximum atomic E-state index is 13.4. The molecule has 0 heterocycles. The number of aromatic hydroxyl groups is 2. The lowest BCUT2D eigenvalue weighted by Crippen LogP contribution is -2.39. The van der Waals surface area contributed by atoms with Crippen molar-refractivity contribution in [1.29, 1.82) is 5.41 Å². The van der Waals surface area contributed by atoms with E-state index in [9.17, 15) is 28.2 Å². The Morgan fingerprint density at radius 3 is 2.41 bits per heavy atom. The van der Waals surface area contributed by atoms with Crippen LogP contribution in [0.4, 0.5) is 24.5 Å². The molecule has 0 aromatic heterocycles. The molecule has 6 N–H and O–H groups in total.